The maximum absolute atomic E-state index is 14.6. The van der Waals surface area contributed by atoms with Crippen molar-refractivity contribution in [2.24, 2.45) is 10.8 Å². The van der Waals surface area contributed by atoms with Gasteiger partial charge in [-0.3, -0.25) is 10.3 Å². The molecule has 3 N–H and O–H groups in total. The summed E-state index contributed by atoms with van der Waals surface area (Å²) < 4.78 is 42.3. The molecular weight excluding hydrogens is 399 g/mol. The van der Waals surface area contributed by atoms with Crippen molar-refractivity contribution in [3.8, 4) is 0 Å². The number of hydrogen-bond acceptors (Lipinski definition) is 4. The smallest absolute Gasteiger partial charge is 0.184 e. The van der Waals surface area contributed by atoms with E-state index in [0.29, 0.717) is 26.2 Å². The molecule has 0 saturated carbocycles. The molecule has 1 fully saturated rings. The second-order valence-corrected chi connectivity index (χ2v) is 7.25. The zero-order valence-corrected chi connectivity index (χ0v) is 16.6. The van der Waals surface area contributed by atoms with Crippen molar-refractivity contribution in [3.63, 3.8) is 0 Å². The number of halogens is 3. The highest BCUT2D eigenvalue weighted by atomic mass is 32.1. The Morgan fingerprint density at radius 2 is 1.76 bits per heavy atom. The first-order valence-electron chi connectivity index (χ1n) is 9.21. The van der Waals surface area contributed by atoms with Crippen molar-refractivity contribution in [1.29, 1.82) is 0 Å². The highest BCUT2D eigenvalue weighted by Gasteiger charge is 2.21. The molecule has 0 bridgehead atoms. The Morgan fingerprint density at radius 1 is 1.07 bits per heavy atom. The summed E-state index contributed by atoms with van der Waals surface area (Å²) in [4.78, 5) is 3.93. The van der Waals surface area contributed by atoms with Gasteiger partial charge in [0, 0.05) is 38.3 Å². The summed E-state index contributed by atoms with van der Waals surface area (Å²) in [7, 11) is 0. The van der Waals surface area contributed by atoms with E-state index in [2.05, 4.69) is 27.6 Å². The van der Waals surface area contributed by atoms with Gasteiger partial charge in [0.1, 0.15) is 23.1 Å². The van der Waals surface area contributed by atoms with Gasteiger partial charge in [-0.2, -0.15) is 5.10 Å². The van der Waals surface area contributed by atoms with Crippen LogP contribution in [0.1, 0.15) is 17.5 Å². The van der Waals surface area contributed by atoms with Gasteiger partial charge >= 0.3 is 0 Å². The molecule has 0 spiro atoms. The van der Waals surface area contributed by atoms with Crippen LogP contribution in [0.25, 0.3) is 0 Å². The lowest BCUT2D eigenvalue weighted by atomic mass is 10.1. The number of benzene rings is 2. The van der Waals surface area contributed by atoms with Crippen molar-refractivity contribution in [2.75, 3.05) is 31.1 Å². The summed E-state index contributed by atoms with van der Waals surface area (Å²) in [5.41, 5.74) is 8.83. The molecule has 2 aromatic carbocycles. The van der Waals surface area contributed by atoms with E-state index >= 15 is 0 Å². The lowest BCUT2D eigenvalue weighted by Crippen LogP contribution is -2.31. The molecule has 29 heavy (non-hydrogen) atoms. The third kappa shape index (κ3) is 5.91. The first kappa shape index (κ1) is 21.1. The Kier molecular flexibility index (Phi) is 7.05. The molecule has 3 rings (SSSR count). The van der Waals surface area contributed by atoms with Crippen molar-refractivity contribution in [2.45, 2.75) is 13.0 Å². The largest absolute Gasteiger partial charge is 0.375 e. The first-order chi connectivity index (χ1) is 13.9. The molecule has 0 aliphatic carbocycles. The fraction of sp³-hybridized carbons (Fsp3) is 0.300. The van der Waals surface area contributed by atoms with Crippen molar-refractivity contribution < 1.29 is 13.2 Å². The van der Waals surface area contributed by atoms with Crippen molar-refractivity contribution in [3.05, 3.63) is 65.0 Å². The number of nitrogens with zero attached hydrogens (tertiary/aromatic N) is 3. The minimum absolute atomic E-state index is 0.0337. The number of thiocarbonyl (C=S) groups is 1. The predicted octanol–water partition coefficient (Wildman–Crippen LogP) is 2.98. The zero-order chi connectivity index (χ0) is 20.8. The van der Waals surface area contributed by atoms with Gasteiger partial charge in [0.05, 0.1) is 6.21 Å². The maximum atomic E-state index is 14.6. The van der Waals surface area contributed by atoms with E-state index in [4.69, 9.17) is 5.73 Å². The molecule has 154 valence electrons. The SMILES string of the molecule is NC(=S)NN=Cc1cc(F)c(N2CCCN(Cc3ccc(F)cc3)CC2)c(F)c1. The average Bonchev–Trinajstić information content (AvgIpc) is 2.88. The normalized spacial score (nSPS) is 15.5. The summed E-state index contributed by atoms with van der Waals surface area (Å²) in [6.45, 7) is 3.16. The molecule has 0 aromatic heterocycles. The van der Waals surface area contributed by atoms with E-state index < -0.39 is 11.6 Å². The lowest BCUT2D eigenvalue weighted by Gasteiger charge is -2.24. The molecule has 0 atom stereocenters. The third-order valence-corrected chi connectivity index (χ3v) is 4.74. The summed E-state index contributed by atoms with van der Waals surface area (Å²) in [5.74, 6) is -1.56. The quantitative estimate of drug-likeness (QED) is 0.442. The number of rotatable bonds is 5. The molecule has 1 aliphatic heterocycles. The van der Waals surface area contributed by atoms with Crippen LogP contribution in [-0.4, -0.2) is 42.4 Å². The number of nitrogens with one attached hydrogen (secondary N) is 1. The summed E-state index contributed by atoms with van der Waals surface area (Å²) in [6.07, 6.45) is 2.02. The monoisotopic (exact) mass is 421 g/mol. The molecule has 5 nitrogen and oxygen atoms in total. The van der Waals surface area contributed by atoms with Crippen molar-refractivity contribution in [1.82, 2.24) is 10.3 Å². The van der Waals surface area contributed by atoms with Gasteiger partial charge in [-0.1, -0.05) is 12.1 Å². The van der Waals surface area contributed by atoms with E-state index in [9.17, 15) is 13.2 Å². The van der Waals surface area contributed by atoms with Crippen LogP contribution in [-0.2, 0) is 6.54 Å². The van der Waals surface area contributed by atoms with Crippen LogP contribution in [0.15, 0.2) is 41.5 Å². The number of anilines is 1. The Labute approximate surface area is 173 Å². The van der Waals surface area contributed by atoms with Crippen LogP contribution in [0.2, 0.25) is 0 Å². The predicted molar refractivity (Wildman–Crippen MR) is 112 cm³/mol. The van der Waals surface area contributed by atoms with Gasteiger partial charge in [0.2, 0.25) is 0 Å². The number of hydrazone groups is 1. The van der Waals surface area contributed by atoms with Crippen LogP contribution in [0, 0.1) is 17.5 Å². The molecule has 1 heterocycles. The van der Waals surface area contributed by atoms with Gasteiger partial charge in [-0.25, -0.2) is 13.2 Å². The highest BCUT2D eigenvalue weighted by Crippen LogP contribution is 2.26. The Bertz CT molecular complexity index is 865. The molecular formula is C20H22F3N5S. The summed E-state index contributed by atoms with van der Waals surface area (Å²) in [6, 6.07) is 8.83. The molecule has 1 aliphatic rings. The van der Waals surface area contributed by atoms with Gasteiger partial charge in [0.25, 0.3) is 0 Å². The van der Waals surface area contributed by atoms with E-state index in [1.165, 1.54) is 30.5 Å². The van der Waals surface area contributed by atoms with Gasteiger partial charge in [0.15, 0.2) is 5.11 Å². The number of hydrogen-bond donors (Lipinski definition) is 2. The van der Waals surface area contributed by atoms with E-state index in [1.54, 1.807) is 17.0 Å². The van der Waals surface area contributed by atoms with Crippen LogP contribution in [0.3, 0.4) is 0 Å². The lowest BCUT2D eigenvalue weighted by molar-refractivity contribution is 0.285. The minimum atomic E-state index is -0.645. The van der Waals surface area contributed by atoms with E-state index in [-0.39, 0.29) is 22.2 Å². The van der Waals surface area contributed by atoms with Crippen LogP contribution in [0.5, 0.6) is 0 Å². The Balaban J connectivity index is 1.67. The Morgan fingerprint density at radius 3 is 2.41 bits per heavy atom. The summed E-state index contributed by atoms with van der Waals surface area (Å²) >= 11 is 4.62. The molecule has 0 radical (unpaired) electrons. The molecule has 2 aromatic rings. The highest BCUT2D eigenvalue weighted by molar-refractivity contribution is 7.80. The van der Waals surface area contributed by atoms with Crippen LogP contribution >= 0.6 is 12.2 Å². The number of nitrogens with two attached hydrogens (primary N) is 1. The molecule has 9 heteroatoms. The fourth-order valence-corrected chi connectivity index (χ4v) is 3.39. The van der Waals surface area contributed by atoms with E-state index in [1.807, 2.05) is 0 Å². The second-order valence-electron chi connectivity index (χ2n) is 6.81. The second kappa shape index (κ2) is 9.71. The maximum Gasteiger partial charge on any atom is 0.184 e. The molecule has 0 amide bonds. The standard InChI is InChI=1S/C20H22F3N5S/c21-16-4-2-14(3-5-16)13-27-6-1-7-28(9-8-27)19-17(22)10-15(11-18(19)23)12-25-26-20(24)29/h2-5,10-12H,1,6-9,13H2,(H3,24,26,29). The van der Waals surface area contributed by atoms with Gasteiger partial charge in [-0.05, 0) is 48.5 Å². The van der Waals surface area contributed by atoms with Crippen molar-refractivity contribution >= 4 is 29.2 Å². The topological polar surface area (TPSA) is 56.9 Å². The van der Waals surface area contributed by atoms with Crippen LogP contribution < -0.4 is 16.1 Å². The summed E-state index contributed by atoms with van der Waals surface area (Å²) in [5, 5.41) is 3.68. The minimum Gasteiger partial charge on any atom is -0.375 e. The van der Waals surface area contributed by atoms with Crippen LogP contribution in [0.4, 0.5) is 18.9 Å². The van der Waals surface area contributed by atoms with Gasteiger partial charge in [-0.15, -0.1) is 0 Å². The third-order valence-electron chi connectivity index (χ3n) is 4.65. The zero-order valence-electron chi connectivity index (χ0n) is 15.7. The van der Waals surface area contributed by atoms with Gasteiger partial charge < -0.3 is 10.6 Å². The average molecular weight is 421 g/mol. The molecule has 0 unspecified atom stereocenters. The fourth-order valence-electron chi connectivity index (χ4n) is 3.33. The Hall–Kier alpha value is -2.65. The molecule has 1 saturated heterocycles. The first-order valence-corrected chi connectivity index (χ1v) is 9.62. The van der Waals surface area contributed by atoms with E-state index in [0.717, 1.165) is 18.5 Å².